The minimum atomic E-state index is -0.505. The number of aryl methyl sites for hydroxylation is 1. The van der Waals surface area contributed by atoms with E-state index in [1.54, 1.807) is 22.8 Å². The van der Waals surface area contributed by atoms with Gasteiger partial charge in [0.05, 0.1) is 6.54 Å². The molecule has 1 aliphatic rings. The first-order valence-corrected chi connectivity index (χ1v) is 7.20. The molecule has 2 unspecified atom stereocenters. The molecule has 1 aromatic rings. The third-order valence-corrected chi connectivity index (χ3v) is 3.67. The average molecular weight is 293 g/mol. The van der Waals surface area contributed by atoms with Crippen molar-refractivity contribution in [2.75, 3.05) is 0 Å². The molecule has 116 valence electrons. The molecule has 2 amide bonds. The van der Waals surface area contributed by atoms with Gasteiger partial charge in [-0.15, -0.1) is 5.10 Å². The number of hydrogen-bond acceptors (Lipinski definition) is 4. The van der Waals surface area contributed by atoms with Crippen molar-refractivity contribution >= 4 is 11.8 Å². The molecule has 1 saturated heterocycles. The molecule has 0 spiro atoms. The van der Waals surface area contributed by atoms with Crippen molar-refractivity contribution in [2.24, 2.45) is 12.5 Å². The molecule has 2 heterocycles. The predicted molar refractivity (Wildman–Crippen MR) is 77.0 cm³/mol. The molecule has 1 aliphatic heterocycles. The maximum absolute atomic E-state index is 12.6. The second kappa shape index (κ2) is 5.46. The van der Waals surface area contributed by atoms with Crippen LogP contribution in [-0.4, -0.2) is 43.8 Å². The van der Waals surface area contributed by atoms with Gasteiger partial charge in [0, 0.05) is 13.2 Å². The summed E-state index contributed by atoms with van der Waals surface area (Å²) in [5.41, 5.74) is 0.338. The van der Waals surface area contributed by atoms with Crippen molar-refractivity contribution in [3.63, 3.8) is 0 Å². The van der Waals surface area contributed by atoms with Crippen LogP contribution in [0.25, 0.3) is 0 Å². The van der Waals surface area contributed by atoms with Gasteiger partial charge in [0.1, 0.15) is 17.8 Å². The predicted octanol–water partition coefficient (Wildman–Crippen LogP) is 0.467. The Morgan fingerprint density at radius 3 is 2.48 bits per heavy atom. The lowest BCUT2D eigenvalue weighted by Gasteiger charge is -2.44. The van der Waals surface area contributed by atoms with E-state index in [1.807, 2.05) is 27.7 Å². The van der Waals surface area contributed by atoms with E-state index in [2.05, 4.69) is 15.6 Å². The lowest BCUT2D eigenvalue weighted by Crippen LogP contribution is -2.66. The summed E-state index contributed by atoms with van der Waals surface area (Å²) in [6, 6.07) is -0.956. The Labute approximate surface area is 124 Å². The number of piperazine rings is 1. The third-order valence-electron chi connectivity index (χ3n) is 3.67. The number of aromatic nitrogens is 3. The highest BCUT2D eigenvalue weighted by Gasteiger charge is 2.45. The number of carbonyl (C=O) groups excluding carboxylic acids is 2. The number of rotatable bonds is 3. The maximum Gasteiger partial charge on any atom is 0.246 e. The molecule has 2 atom stereocenters. The molecule has 1 aromatic heterocycles. The van der Waals surface area contributed by atoms with Gasteiger partial charge in [0.2, 0.25) is 11.8 Å². The molecule has 7 heteroatoms. The van der Waals surface area contributed by atoms with E-state index in [1.165, 1.54) is 0 Å². The van der Waals surface area contributed by atoms with Crippen LogP contribution in [0.15, 0.2) is 6.20 Å². The fraction of sp³-hybridized carbons (Fsp3) is 0.714. The second-order valence-corrected chi connectivity index (χ2v) is 6.59. The van der Waals surface area contributed by atoms with Gasteiger partial charge in [-0.1, -0.05) is 32.9 Å². The van der Waals surface area contributed by atoms with Gasteiger partial charge >= 0.3 is 0 Å². The van der Waals surface area contributed by atoms with E-state index in [9.17, 15) is 9.59 Å². The summed E-state index contributed by atoms with van der Waals surface area (Å²) in [6.07, 6.45) is 2.35. The zero-order valence-corrected chi connectivity index (χ0v) is 13.3. The molecule has 7 nitrogen and oxygen atoms in total. The van der Waals surface area contributed by atoms with Gasteiger partial charge in [0.25, 0.3) is 0 Å². The zero-order valence-electron chi connectivity index (χ0n) is 13.3. The van der Waals surface area contributed by atoms with E-state index >= 15 is 0 Å². The number of carbonyl (C=O) groups is 2. The summed E-state index contributed by atoms with van der Waals surface area (Å²) in [7, 11) is 1.78. The monoisotopic (exact) mass is 293 g/mol. The molecule has 0 bridgehead atoms. The molecule has 0 aliphatic carbocycles. The first-order chi connectivity index (χ1) is 9.74. The standard InChI is InChI=1S/C14H23N5O2/c1-6-10-13(21)19(8-9-7-18(5)17-16-9)11(12(20)15-10)14(2,3)4/h7,10-11H,6,8H2,1-5H3,(H,15,20). The van der Waals surface area contributed by atoms with Gasteiger partial charge in [-0.3, -0.25) is 14.3 Å². The summed E-state index contributed by atoms with van der Waals surface area (Å²) >= 11 is 0. The van der Waals surface area contributed by atoms with Gasteiger partial charge in [-0.2, -0.15) is 0 Å². The zero-order chi connectivity index (χ0) is 15.8. The topological polar surface area (TPSA) is 80.1 Å². The summed E-state index contributed by atoms with van der Waals surface area (Å²) in [6.45, 7) is 8.07. The van der Waals surface area contributed by atoms with Crippen LogP contribution in [0, 0.1) is 5.41 Å². The first kappa shape index (κ1) is 15.5. The molecule has 1 N–H and O–H groups in total. The lowest BCUT2D eigenvalue weighted by molar-refractivity contribution is -0.154. The maximum atomic E-state index is 12.6. The Balaban J connectivity index is 2.33. The van der Waals surface area contributed by atoms with Crippen molar-refractivity contribution in [1.82, 2.24) is 25.2 Å². The Morgan fingerprint density at radius 1 is 1.33 bits per heavy atom. The molecule has 2 rings (SSSR count). The van der Waals surface area contributed by atoms with Crippen molar-refractivity contribution in [2.45, 2.75) is 52.7 Å². The van der Waals surface area contributed by atoms with Crippen LogP contribution in [-0.2, 0) is 23.2 Å². The molecule has 0 aromatic carbocycles. The molecular formula is C14H23N5O2. The van der Waals surface area contributed by atoms with Crippen LogP contribution in [0.1, 0.15) is 39.8 Å². The second-order valence-electron chi connectivity index (χ2n) is 6.59. The van der Waals surface area contributed by atoms with E-state index in [0.717, 1.165) is 0 Å². The van der Waals surface area contributed by atoms with Gasteiger partial charge in [0.15, 0.2) is 0 Å². The molecule has 0 radical (unpaired) electrons. The minimum absolute atomic E-state index is 0.0531. The molecule has 1 fully saturated rings. The first-order valence-electron chi connectivity index (χ1n) is 7.20. The Kier molecular flexibility index (Phi) is 4.02. The van der Waals surface area contributed by atoms with E-state index in [-0.39, 0.29) is 17.2 Å². The Hall–Kier alpha value is -1.92. The molecular weight excluding hydrogens is 270 g/mol. The number of nitrogens with zero attached hydrogens (tertiary/aromatic N) is 4. The van der Waals surface area contributed by atoms with Crippen LogP contribution in [0.4, 0.5) is 0 Å². The quantitative estimate of drug-likeness (QED) is 0.878. The van der Waals surface area contributed by atoms with E-state index in [0.29, 0.717) is 18.7 Å². The summed E-state index contributed by atoms with van der Waals surface area (Å²) in [4.78, 5) is 26.7. The van der Waals surface area contributed by atoms with Crippen LogP contribution in [0.5, 0.6) is 0 Å². The van der Waals surface area contributed by atoms with Crippen molar-refractivity contribution < 1.29 is 9.59 Å². The summed E-state index contributed by atoms with van der Waals surface area (Å²) in [5, 5.41) is 10.7. The smallest absolute Gasteiger partial charge is 0.246 e. The largest absolute Gasteiger partial charge is 0.342 e. The van der Waals surface area contributed by atoms with E-state index in [4.69, 9.17) is 0 Å². The molecule has 21 heavy (non-hydrogen) atoms. The summed E-state index contributed by atoms with van der Waals surface area (Å²) in [5.74, 6) is -0.152. The van der Waals surface area contributed by atoms with Gasteiger partial charge in [-0.25, -0.2) is 0 Å². The van der Waals surface area contributed by atoms with Crippen molar-refractivity contribution in [1.29, 1.82) is 0 Å². The highest BCUT2D eigenvalue weighted by molar-refractivity contribution is 5.97. The normalized spacial score (nSPS) is 23.4. The van der Waals surface area contributed by atoms with Crippen LogP contribution in [0.2, 0.25) is 0 Å². The number of hydrogen-bond donors (Lipinski definition) is 1. The van der Waals surface area contributed by atoms with E-state index < -0.39 is 12.1 Å². The van der Waals surface area contributed by atoms with Crippen LogP contribution in [0.3, 0.4) is 0 Å². The fourth-order valence-corrected chi connectivity index (χ4v) is 2.73. The minimum Gasteiger partial charge on any atom is -0.342 e. The van der Waals surface area contributed by atoms with Crippen LogP contribution >= 0.6 is 0 Å². The third kappa shape index (κ3) is 3.06. The van der Waals surface area contributed by atoms with Gasteiger partial charge in [-0.05, 0) is 11.8 Å². The SMILES string of the molecule is CCC1NC(=O)C(C(C)(C)C)N(Cc2cn(C)nn2)C1=O. The Morgan fingerprint density at radius 2 is 2.00 bits per heavy atom. The fourth-order valence-electron chi connectivity index (χ4n) is 2.73. The average Bonchev–Trinajstić information content (AvgIpc) is 2.77. The lowest BCUT2D eigenvalue weighted by atomic mass is 9.83. The summed E-state index contributed by atoms with van der Waals surface area (Å²) < 4.78 is 1.59. The van der Waals surface area contributed by atoms with Crippen LogP contribution < -0.4 is 5.32 Å². The Bertz CT molecular complexity index is 546. The highest BCUT2D eigenvalue weighted by atomic mass is 16.2. The number of amides is 2. The van der Waals surface area contributed by atoms with Crippen molar-refractivity contribution in [3.8, 4) is 0 Å². The highest BCUT2D eigenvalue weighted by Crippen LogP contribution is 2.29. The van der Waals surface area contributed by atoms with Gasteiger partial charge < -0.3 is 10.2 Å². The number of nitrogens with one attached hydrogen (secondary N) is 1. The molecule has 0 saturated carbocycles. The van der Waals surface area contributed by atoms with Crippen molar-refractivity contribution in [3.05, 3.63) is 11.9 Å².